The fourth-order valence-corrected chi connectivity index (χ4v) is 3.24. The molecule has 24 heavy (non-hydrogen) atoms. The van der Waals surface area contributed by atoms with Gasteiger partial charge in [0, 0.05) is 11.9 Å². The summed E-state index contributed by atoms with van der Waals surface area (Å²) in [5.41, 5.74) is 6.65. The van der Waals surface area contributed by atoms with Gasteiger partial charge in [-0.15, -0.1) is 0 Å². The summed E-state index contributed by atoms with van der Waals surface area (Å²) in [7, 11) is -3.68. The van der Waals surface area contributed by atoms with E-state index in [-0.39, 0.29) is 4.90 Å². The molecular formula is C19H20N2O2S. The smallest absolute Gasteiger partial charge is 0.238 e. The van der Waals surface area contributed by atoms with Crippen molar-refractivity contribution in [3.05, 3.63) is 71.4 Å². The number of primary sulfonamides is 1. The Kier molecular flexibility index (Phi) is 4.07. The topological polar surface area (TPSA) is 65.1 Å². The van der Waals surface area contributed by atoms with Gasteiger partial charge in [-0.2, -0.15) is 0 Å². The minimum Gasteiger partial charge on any atom is -0.316 e. The van der Waals surface area contributed by atoms with E-state index in [1.807, 2.05) is 6.92 Å². The number of nitrogens with zero attached hydrogens (tertiary/aromatic N) is 1. The monoisotopic (exact) mass is 340 g/mol. The molecule has 0 saturated carbocycles. The largest absolute Gasteiger partial charge is 0.316 e. The van der Waals surface area contributed by atoms with Crippen LogP contribution in [0.5, 0.6) is 0 Å². The Labute approximate surface area is 142 Å². The number of benzene rings is 2. The lowest BCUT2D eigenvalue weighted by Gasteiger charge is -2.12. The lowest BCUT2D eigenvalue weighted by atomic mass is 10.1. The van der Waals surface area contributed by atoms with Crippen molar-refractivity contribution in [2.75, 3.05) is 0 Å². The van der Waals surface area contributed by atoms with Crippen molar-refractivity contribution in [1.29, 1.82) is 0 Å². The van der Waals surface area contributed by atoms with Gasteiger partial charge in [-0.25, -0.2) is 13.6 Å². The number of hydrogen-bond acceptors (Lipinski definition) is 2. The molecule has 0 aliphatic heterocycles. The van der Waals surface area contributed by atoms with E-state index >= 15 is 0 Å². The van der Waals surface area contributed by atoms with Crippen LogP contribution in [0.2, 0.25) is 0 Å². The molecule has 4 nitrogen and oxygen atoms in total. The number of nitrogens with two attached hydrogens (primary N) is 1. The SMILES string of the molecule is Cc1cc(-c2ccc(S(N)(=O)=O)cc2)n(-c2ccc(C)c(C)c2)c1. The molecule has 0 radical (unpaired) electrons. The van der Waals surface area contributed by atoms with Crippen molar-refractivity contribution in [3.63, 3.8) is 0 Å². The summed E-state index contributed by atoms with van der Waals surface area (Å²) in [6.45, 7) is 6.22. The molecule has 2 aromatic carbocycles. The predicted octanol–water partition coefficient (Wildman–Crippen LogP) is 3.72. The second kappa shape index (κ2) is 5.92. The van der Waals surface area contributed by atoms with Crippen LogP contribution in [0.3, 0.4) is 0 Å². The highest BCUT2D eigenvalue weighted by atomic mass is 32.2. The molecule has 0 atom stereocenters. The molecule has 0 aliphatic rings. The van der Waals surface area contributed by atoms with Gasteiger partial charge >= 0.3 is 0 Å². The quantitative estimate of drug-likeness (QED) is 0.790. The minimum absolute atomic E-state index is 0.118. The molecule has 0 saturated heterocycles. The van der Waals surface area contributed by atoms with E-state index in [1.54, 1.807) is 12.1 Å². The van der Waals surface area contributed by atoms with Crippen LogP contribution in [0, 0.1) is 20.8 Å². The van der Waals surface area contributed by atoms with Gasteiger partial charge in [-0.05, 0) is 73.4 Å². The number of hydrogen-bond donors (Lipinski definition) is 1. The first-order valence-electron chi connectivity index (χ1n) is 7.65. The lowest BCUT2D eigenvalue weighted by molar-refractivity contribution is 0.598. The van der Waals surface area contributed by atoms with Gasteiger partial charge in [0.15, 0.2) is 0 Å². The fraction of sp³-hybridized carbons (Fsp3) is 0.158. The van der Waals surface area contributed by atoms with Crippen molar-refractivity contribution >= 4 is 10.0 Å². The summed E-state index contributed by atoms with van der Waals surface area (Å²) in [5, 5.41) is 5.17. The minimum atomic E-state index is -3.68. The summed E-state index contributed by atoms with van der Waals surface area (Å²) in [5.74, 6) is 0. The molecule has 0 fully saturated rings. The maximum atomic E-state index is 11.4. The van der Waals surface area contributed by atoms with Crippen LogP contribution in [0.1, 0.15) is 16.7 Å². The Bertz CT molecular complexity index is 1000. The van der Waals surface area contributed by atoms with E-state index in [9.17, 15) is 8.42 Å². The van der Waals surface area contributed by atoms with Crippen LogP contribution in [-0.2, 0) is 10.0 Å². The van der Waals surface area contributed by atoms with Crippen LogP contribution >= 0.6 is 0 Å². The van der Waals surface area contributed by atoms with Crippen molar-refractivity contribution in [2.45, 2.75) is 25.7 Å². The van der Waals surface area contributed by atoms with Crippen molar-refractivity contribution in [1.82, 2.24) is 4.57 Å². The molecule has 3 rings (SSSR count). The standard InChI is InChI=1S/C19H20N2O2S/c1-13-10-19(16-5-8-18(9-6-16)24(20,22)23)21(12-13)17-7-4-14(2)15(3)11-17/h4-12H,1-3H3,(H2,20,22,23). The third-order valence-electron chi connectivity index (χ3n) is 4.20. The van der Waals surface area contributed by atoms with E-state index in [4.69, 9.17) is 5.14 Å². The molecule has 0 aliphatic carbocycles. The molecule has 5 heteroatoms. The molecular weight excluding hydrogens is 320 g/mol. The maximum Gasteiger partial charge on any atom is 0.238 e. The number of aryl methyl sites for hydroxylation is 3. The van der Waals surface area contributed by atoms with Gasteiger partial charge in [-0.3, -0.25) is 0 Å². The van der Waals surface area contributed by atoms with Crippen LogP contribution in [-0.4, -0.2) is 13.0 Å². The Morgan fingerprint density at radius 2 is 1.54 bits per heavy atom. The zero-order chi connectivity index (χ0) is 17.5. The molecule has 0 amide bonds. The van der Waals surface area contributed by atoms with Gasteiger partial charge in [0.25, 0.3) is 0 Å². The summed E-state index contributed by atoms with van der Waals surface area (Å²) >= 11 is 0. The Morgan fingerprint density at radius 3 is 2.12 bits per heavy atom. The second-order valence-electron chi connectivity index (χ2n) is 6.11. The van der Waals surface area contributed by atoms with E-state index in [1.165, 1.54) is 23.3 Å². The molecule has 2 N–H and O–H groups in total. The zero-order valence-electron chi connectivity index (χ0n) is 13.9. The third kappa shape index (κ3) is 3.13. The van der Waals surface area contributed by atoms with Crippen molar-refractivity contribution in [3.8, 4) is 16.9 Å². The molecule has 1 heterocycles. The summed E-state index contributed by atoms with van der Waals surface area (Å²) in [6.07, 6.45) is 2.08. The highest BCUT2D eigenvalue weighted by Crippen LogP contribution is 2.27. The highest BCUT2D eigenvalue weighted by Gasteiger charge is 2.11. The van der Waals surface area contributed by atoms with Gasteiger partial charge in [-0.1, -0.05) is 18.2 Å². The fourth-order valence-electron chi connectivity index (χ4n) is 2.72. The Morgan fingerprint density at radius 1 is 0.875 bits per heavy atom. The number of aromatic nitrogens is 1. The average Bonchev–Trinajstić information content (AvgIpc) is 2.91. The summed E-state index contributed by atoms with van der Waals surface area (Å²) < 4.78 is 24.9. The van der Waals surface area contributed by atoms with Crippen LogP contribution < -0.4 is 5.14 Å². The molecule has 124 valence electrons. The van der Waals surface area contributed by atoms with Gasteiger partial charge in [0.1, 0.15) is 0 Å². The third-order valence-corrected chi connectivity index (χ3v) is 5.13. The zero-order valence-corrected chi connectivity index (χ0v) is 14.8. The first-order chi connectivity index (χ1) is 11.3. The molecule has 3 aromatic rings. The summed E-state index contributed by atoms with van der Waals surface area (Å²) in [6, 6.07) is 15.1. The van der Waals surface area contributed by atoms with E-state index in [0.717, 1.165) is 22.5 Å². The van der Waals surface area contributed by atoms with Crippen LogP contribution in [0.25, 0.3) is 16.9 Å². The average molecular weight is 340 g/mol. The molecule has 0 bridgehead atoms. The van der Waals surface area contributed by atoms with Crippen LogP contribution in [0.4, 0.5) is 0 Å². The Balaban J connectivity index is 2.11. The van der Waals surface area contributed by atoms with Gasteiger partial charge in [0.05, 0.1) is 10.6 Å². The summed E-state index contributed by atoms with van der Waals surface area (Å²) in [4.78, 5) is 0.118. The molecule has 1 aromatic heterocycles. The van der Waals surface area contributed by atoms with Crippen molar-refractivity contribution < 1.29 is 8.42 Å². The van der Waals surface area contributed by atoms with E-state index in [2.05, 4.69) is 48.9 Å². The van der Waals surface area contributed by atoms with Crippen LogP contribution in [0.15, 0.2) is 59.6 Å². The van der Waals surface area contributed by atoms with E-state index < -0.39 is 10.0 Å². The molecule has 0 unspecified atom stereocenters. The lowest BCUT2D eigenvalue weighted by Crippen LogP contribution is -2.11. The normalized spacial score (nSPS) is 11.7. The van der Waals surface area contributed by atoms with Gasteiger partial charge < -0.3 is 4.57 Å². The molecule has 0 spiro atoms. The van der Waals surface area contributed by atoms with E-state index in [0.29, 0.717) is 0 Å². The van der Waals surface area contributed by atoms with Crippen molar-refractivity contribution in [2.24, 2.45) is 5.14 Å². The first kappa shape index (κ1) is 16.5. The second-order valence-corrected chi connectivity index (χ2v) is 7.67. The predicted molar refractivity (Wildman–Crippen MR) is 96.8 cm³/mol. The highest BCUT2D eigenvalue weighted by molar-refractivity contribution is 7.89. The Hall–Kier alpha value is -2.37. The first-order valence-corrected chi connectivity index (χ1v) is 9.20. The number of sulfonamides is 1. The van der Waals surface area contributed by atoms with Gasteiger partial charge in [0.2, 0.25) is 10.0 Å². The maximum absolute atomic E-state index is 11.4. The number of rotatable bonds is 3.